The van der Waals surface area contributed by atoms with Gasteiger partial charge in [0.2, 0.25) is 0 Å². The summed E-state index contributed by atoms with van der Waals surface area (Å²) >= 11 is 5.89. The van der Waals surface area contributed by atoms with Gasteiger partial charge in [-0.2, -0.15) is 0 Å². The van der Waals surface area contributed by atoms with Crippen molar-refractivity contribution in [3.8, 4) is 0 Å². The molecule has 1 N–H and O–H groups in total. The van der Waals surface area contributed by atoms with Crippen molar-refractivity contribution in [2.24, 2.45) is 0 Å². The number of H-pyrrole nitrogens is 1. The van der Waals surface area contributed by atoms with Gasteiger partial charge in [0.1, 0.15) is 22.9 Å². The third-order valence-electron chi connectivity index (χ3n) is 2.20. The highest BCUT2D eigenvalue weighted by atomic mass is 35.5. The first kappa shape index (κ1) is 10.9. The number of hydrogen-bond donors (Lipinski definition) is 1. The molecule has 0 bridgehead atoms. The van der Waals surface area contributed by atoms with Crippen molar-refractivity contribution < 1.29 is 9.53 Å². The zero-order valence-corrected chi connectivity index (χ0v) is 9.63. The van der Waals surface area contributed by atoms with Crippen molar-refractivity contribution in [2.45, 2.75) is 13.8 Å². The van der Waals surface area contributed by atoms with Crippen molar-refractivity contribution in [3.05, 3.63) is 22.7 Å². The molecule has 16 heavy (non-hydrogen) atoms. The Kier molecular flexibility index (Phi) is 2.78. The molecular formula is C10H10ClN3O2. The Balaban J connectivity index is 2.65. The Morgan fingerprint density at radius 3 is 3.00 bits per heavy atom. The van der Waals surface area contributed by atoms with E-state index in [2.05, 4.69) is 15.0 Å². The maximum absolute atomic E-state index is 11.7. The van der Waals surface area contributed by atoms with Crippen LogP contribution >= 0.6 is 11.6 Å². The lowest BCUT2D eigenvalue weighted by atomic mass is 10.2. The highest BCUT2D eigenvalue weighted by Crippen LogP contribution is 2.24. The average molecular weight is 240 g/mol. The van der Waals surface area contributed by atoms with Gasteiger partial charge >= 0.3 is 5.97 Å². The van der Waals surface area contributed by atoms with E-state index < -0.39 is 5.97 Å². The Labute approximate surface area is 96.8 Å². The lowest BCUT2D eigenvalue weighted by molar-refractivity contribution is 0.0527. The van der Waals surface area contributed by atoms with E-state index in [0.29, 0.717) is 34.1 Å². The van der Waals surface area contributed by atoms with Crippen molar-refractivity contribution in [1.29, 1.82) is 0 Å². The van der Waals surface area contributed by atoms with Crippen LogP contribution in [0.1, 0.15) is 23.0 Å². The van der Waals surface area contributed by atoms with Crippen LogP contribution in [0.5, 0.6) is 0 Å². The van der Waals surface area contributed by atoms with Crippen LogP contribution in [0.15, 0.2) is 6.33 Å². The highest BCUT2D eigenvalue weighted by Gasteiger charge is 2.19. The number of halogens is 1. The van der Waals surface area contributed by atoms with Crippen LogP contribution < -0.4 is 0 Å². The van der Waals surface area contributed by atoms with Gasteiger partial charge in [0.25, 0.3) is 0 Å². The largest absolute Gasteiger partial charge is 0.462 e. The molecule has 0 unspecified atom stereocenters. The average Bonchev–Trinajstić information content (AvgIpc) is 2.56. The van der Waals surface area contributed by atoms with E-state index in [4.69, 9.17) is 16.3 Å². The highest BCUT2D eigenvalue weighted by molar-refractivity contribution is 6.34. The summed E-state index contributed by atoms with van der Waals surface area (Å²) in [6.45, 7) is 3.85. The molecule has 0 aliphatic carbocycles. The van der Waals surface area contributed by atoms with Gasteiger partial charge in [-0.25, -0.2) is 14.8 Å². The normalized spacial score (nSPS) is 10.7. The van der Waals surface area contributed by atoms with E-state index in [-0.39, 0.29) is 0 Å². The van der Waals surface area contributed by atoms with Gasteiger partial charge in [0.15, 0.2) is 5.15 Å². The first-order valence-corrected chi connectivity index (χ1v) is 5.18. The summed E-state index contributed by atoms with van der Waals surface area (Å²) in [5.74, 6) is -0.402. The van der Waals surface area contributed by atoms with E-state index in [1.807, 2.05) is 0 Å². The van der Waals surface area contributed by atoms with Gasteiger partial charge < -0.3 is 9.72 Å². The van der Waals surface area contributed by atoms with Crippen LogP contribution in [0, 0.1) is 6.92 Å². The maximum atomic E-state index is 11.7. The molecule has 0 saturated heterocycles. The molecule has 2 aromatic heterocycles. The van der Waals surface area contributed by atoms with Gasteiger partial charge in [-0.05, 0) is 13.8 Å². The predicted octanol–water partition coefficient (Wildman–Crippen LogP) is 2.10. The molecule has 2 heterocycles. The van der Waals surface area contributed by atoms with E-state index in [1.54, 1.807) is 13.8 Å². The second kappa shape index (κ2) is 4.09. The fourth-order valence-electron chi connectivity index (χ4n) is 1.55. The number of nitrogens with zero attached hydrogens (tertiary/aromatic N) is 2. The number of carbonyl (C=O) groups excluding carboxylic acids is 1. The SMILES string of the molecule is CCOC(=O)c1c(C)[nH]c2c(Cl)ncnc12. The van der Waals surface area contributed by atoms with Crippen LogP contribution in [0.2, 0.25) is 5.15 Å². The maximum Gasteiger partial charge on any atom is 0.342 e. The third-order valence-corrected chi connectivity index (χ3v) is 2.49. The minimum Gasteiger partial charge on any atom is -0.462 e. The van der Waals surface area contributed by atoms with Crippen molar-refractivity contribution in [3.63, 3.8) is 0 Å². The molecule has 2 aromatic rings. The summed E-state index contributed by atoms with van der Waals surface area (Å²) < 4.78 is 4.95. The second-order valence-corrected chi connectivity index (χ2v) is 3.59. The van der Waals surface area contributed by atoms with Crippen molar-refractivity contribution >= 4 is 28.6 Å². The van der Waals surface area contributed by atoms with Crippen LogP contribution in [0.4, 0.5) is 0 Å². The zero-order valence-electron chi connectivity index (χ0n) is 8.87. The molecule has 0 atom stereocenters. The number of aromatic amines is 1. The number of carbonyl (C=O) groups is 1. The fraction of sp³-hybridized carbons (Fsp3) is 0.300. The number of aromatic nitrogens is 3. The number of esters is 1. The minimum atomic E-state index is -0.402. The van der Waals surface area contributed by atoms with Gasteiger partial charge in [0, 0.05) is 5.69 Å². The molecule has 0 aliphatic rings. The van der Waals surface area contributed by atoms with Gasteiger partial charge in [-0.15, -0.1) is 0 Å². The van der Waals surface area contributed by atoms with Gasteiger partial charge in [0.05, 0.1) is 6.61 Å². The standard InChI is InChI=1S/C10H10ClN3O2/c1-3-16-10(15)6-5(2)14-8-7(6)12-4-13-9(8)11/h4,14H,3H2,1-2H3. The van der Waals surface area contributed by atoms with Crippen LogP contribution in [-0.4, -0.2) is 27.5 Å². The second-order valence-electron chi connectivity index (χ2n) is 3.23. The Hall–Kier alpha value is -1.62. The third kappa shape index (κ3) is 1.63. The van der Waals surface area contributed by atoms with Crippen molar-refractivity contribution in [2.75, 3.05) is 6.61 Å². The molecule has 0 aliphatic heterocycles. The Morgan fingerprint density at radius 1 is 1.56 bits per heavy atom. The molecule has 84 valence electrons. The smallest absolute Gasteiger partial charge is 0.342 e. The molecule has 5 nitrogen and oxygen atoms in total. The van der Waals surface area contributed by atoms with Crippen LogP contribution in [0.25, 0.3) is 11.0 Å². The zero-order chi connectivity index (χ0) is 11.7. The molecule has 2 rings (SSSR count). The summed E-state index contributed by atoms with van der Waals surface area (Å²) in [6, 6.07) is 0. The topological polar surface area (TPSA) is 67.9 Å². The fourth-order valence-corrected chi connectivity index (χ4v) is 1.73. The molecule has 6 heteroatoms. The monoisotopic (exact) mass is 239 g/mol. The van der Waals surface area contributed by atoms with E-state index >= 15 is 0 Å². The van der Waals surface area contributed by atoms with Crippen molar-refractivity contribution in [1.82, 2.24) is 15.0 Å². The summed E-state index contributed by atoms with van der Waals surface area (Å²) in [6.07, 6.45) is 1.32. The number of fused-ring (bicyclic) bond motifs is 1. The minimum absolute atomic E-state index is 0.295. The number of ether oxygens (including phenoxy) is 1. The van der Waals surface area contributed by atoms with Crippen LogP contribution in [0.3, 0.4) is 0 Å². The van der Waals surface area contributed by atoms with E-state index in [9.17, 15) is 4.79 Å². The summed E-state index contributed by atoms with van der Waals surface area (Å²) in [5.41, 5.74) is 2.15. The number of hydrogen-bond acceptors (Lipinski definition) is 4. The van der Waals surface area contributed by atoms with Gasteiger partial charge in [-0.3, -0.25) is 0 Å². The van der Waals surface area contributed by atoms with E-state index in [1.165, 1.54) is 6.33 Å². The van der Waals surface area contributed by atoms with Gasteiger partial charge in [-0.1, -0.05) is 11.6 Å². The molecule has 0 saturated carbocycles. The summed E-state index contributed by atoms with van der Waals surface area (Å²) in [5, 5.41) is 0.295. The molecule has 0 fully saturated rings. The summed E-state index contributed by atoms with van der Waals surface area (Å²) in [7, 11) is 0. The summed E-state index contributed by atoms with van der Waals surface area (Å²) in [4.78, 5) is 22.6. The molecule has 0 spiro atoms. The number of aryl methyl sites for hydroxylation is 1. The molecule has 0 aromatic carbocycles. The Bertz CT molecular complexity index is 550. The molecule has 0 amide bonds. The first-order valence-electron chi connectivity index (χ1n) is 4.81. The molecular weight excluding hydrogens is 230 g/mol. The predicted molar refractivity (Wildman–Crippen MR) is 59.6 cm³/mol. The number of nitrogens with one attached hydrogen (secondary N) is 1. The number of rotatable bonds is 2. The lowest BCUT2D eigenvalue weighted by Gasteiger charge is -2.00. The Morgan fingerprint density at radius 2 is 2.31 bits per heavy atom. The first-order chi connectivity index (χ1) is 7.65. The quantitative estimate of drug-likeness (QED) is 0.644. The van der Waals surface area contributed by atoms with Crippen LogP contribution in [-0.2, 0) is 4.74 Å². The van der Waals surface area contributed by atoms with E-state index in [0.717, 1.165) is 0 Å². The lowest BCUT2D eigenvalue weighted by Crippen LogP contribution is -2.06. The molecule has 0 radical (unpaired) electrons.